The number of urea groups is 1. The van der Waals surface area contributed by atoms with E-state index in [1.807, 2.05) is 34.7 Å². The molecule has 1 aliphatic carbocycles. The zero-order chi connectivity index (χ0) is 20.3. The van der Waals surface area contributed by atoms with Crippen LogP contribution in [0.3, 0.4) is 0 Å². The van der Waals surface area contributed by atoms with E-state index in [1.165, 1.54) is 31.2 Å². The quantitative estimate of drug-likeness (QED) is 0.716. The van der Waals surface area contributed by atoms with E-state index in [0.717, 1.165) is 23.4 Å². The second kappa shape index (κ2) is 8.91. The van der Waals surface area contributed by atoms with Crippen LogP contribution in [0, 0.1) is 0 Å². The van der Waals surface area contributed by atoms with Gasteiger partial charge < -0.3 is 20.1 Å². The Bertz CT molecular complexity index is 816. The largest absolute Gasteiger partial charge is 0.371 e. The highest BCUT2D eigenvalue weighted by molar-refractivity contribution is 8.12. The zero-order valence-electron chi connectivity index (χ0n) is 16.6. The average molecular weight is 431 g/mol. The summed E-state index contributed by atoms with van der Waals surface area (Å²) in [7, 11) is 0. The van der Waals surface area contributed by atoms with Crippen LogP contribution in [0.5, 0.6) is 0 Å². The highest BCUT2D eigenvalue weighted by Gasteiger charge is 2.51. The van der Waals surface area contributed by atoms with E-state index >= 15 is 0 Å². The minimum atomic E-state index is -0.193. The lowest BCUT2D eigenvalue weighted by Gasteiger charge is -2.27. The number of nitrogens with zero attached hydrogens (tertiary/aromatic N) is 4. The molecule has 4 aliphatic rings. The summed E-state index contributed by atoms with van der Waals surface area (Å²) in [4.78, 5) is 12.4. The first kappa shape index (κ1) is 19.8. The molecule has 3 heterocycles. The third-order valence-electron chi connectivity index (χ3n) is 6.03. The van der Waals surface area contributed by atoms with E-state index < -0.39 is 0 Å². The van der Waals surface area contributed by atoms with Crippen molar-refractivity contribution in [2.24, 2.45) is 15.5 Å². The van der Waals surface area contributed by atoms with Gasteiger partial charge >= 0.3 is 6.03 Å². The van der Waals surface area contributed by atoms with Gasteiger partial charge in [0, 0.05) is 23.6 Å². The summed E-state index contributed by atoms with van der Waals surface area (Å²) in [5.74, 6) is 0. The molecule has 2 amide bonds. The fourth-order valence-electron chi connectivity index (χ4n) is 4.48. The molecular weight excluding hydrogens is 404 g/mol. The van der Waals surface area contributed by atoms with Gasteiger partial charge in [-0.1, -0.05) is 49.6 Å². The minimum Gasteiger partial charge on any atom is -0.371 e. The van der Waals surface area contributed by atoms with Crippen LogP contribution in [0.25, 0.3) is 0 Å². The monoisotopic (exact) mass is 430 g/mol. The van der Waals surface area contributed by atoms with Gasteiger partial charge in [0.1, 0.15) is 23.3 Å². The summed E-state index contributed by atoms with van der Waals surface area (Å²) < 4.78 is 13.9. The molecule has 10 heteroatoms. The van der Waals surface area contributed by atoms with Crippen molar-refractivity contribution in [2.45, 2.75) is 62.4 Å². The van der Waals surface area contributed by atoms with Crippen molar-refractivity contribution < 1.29 is 14.3 Å². The van der Waals surface area contributed by atoms with Gasteiger partial charge in [0.25, 0.3) is 0 Å². The van der Waals surface area contributed by atoms with Crippen molar-refractivity contribution in [3.63, 3.8) is 0 Å². The number of carbonyl (C=O) groups excluding carboxylic acids is 1. The second-order valence-corrected chi connectivity index (χ2v) is 9.01. The second-order valence-electron chi connectivity index (χ2n) is 8.07. The molecule has 3 fully saturated rings. The zero-order valence-corrected chi connectivity index (χ0v) is 17.5. The van der Waals surface area contributed by atoms with Crippen LogP contribution >= 0.6 is 11.9 Å². The molecule has 0 spiro atoms. The van der Waals surface area contributed by atoms with Crippen molar-refractivity contribution in [1.82, 2.24) is 15.0 Å². The molecule has 2 saturated heterocycles. The van der Waals surface area contributed by atoms with Crippen molar-refractivity contribution in [3.8, 4) is 0 Å². The maximum atomic E-state index is 12.4. The summed E-state index contributed by atoms with van der Waals surface area (Å²) in [5, 5.41) is 19.2. The van der Waals surface area contributed by atoms with Gasteiger partial charge in [0.05, 0.1) is 19.3 Å². The lowest BCUT2D eigenvalue weighted by Crippen LogP contribution is -2.51. The smallest absolute Gasteiger partial charge is 0.315 e. The number of benzene rings is 1. The molecule has 5 rings (SSSR count). The minimum absolute atomic E-state index is 0.0915. The molecule has 1 aromatic carbocycles. The molecule has 4 unspecified atom stereocenters. The van der Waals surface area contributed by atoms with Crippen LogP contribution in [0.1, 0.15) is 37.7 Å². The number of fused-ring (bicyclic) bond motifs is 1. The predicted octanol–water partition coefficient (Wildman–Crippen LogP) is 2.85. The number of nitrogens with one attached hydrogen (secondary N) is 2. The summed E-state index contributed by atoms with van der Waals surface area (Å²) >= 11 is 1.43. The standard InChI is InChI=1S/C20H26N6O3S/c27-20(21-14-9-5-2-6-10-14)22-15-11-28-18-16(12-29-17(15)18)26-25-24-23-19(30-26)13-7-3-1-4-8-13/h1,3-4,7-8,14-18H,2,5-6,9-12H2,(H2,21,22,27). The summed E-state index contributed by atoms with van der Waals surface area (Å²) in [6.07, 6.45) is 5.38. The SMILES string of the molecule is O=C(NC1CCCCC1)NC1COC2C1OCC2N1N=NN=C(c2ccccc2)S1. The fourth-order valence-corrected chi connectivity index (χ4v) is 5.36. The number of rotatable bonds is 4. The lowest BCUT2D eigenvalue weighted by molar-refractivity contribution is 0.0595. The number of ether oxygens (including phenoxy) is 2. The van der Waals surface area contributed by atoms with Crippen molar-refractivity contribution >= 4 is 23.0 Å². The molecule has 0 radical (unpaired) electrons. The molecule has 3 aliphatic heterocycles. The van der Waals surface area contributed by atoms with Crippen molar-refractivity contribution in [3.05, 3.63) is 35.9 Å². The number of carbonyl (C=O) groups is 1. The van der Waals surface area contributed by atoms with E-state index in [-0.39, 0.29) is 36.4 Å². The Morgan fingerprint density at radius 3 is 2.67 bits per heavy atom. The lowest BCUT2D eigenvalue weighted by atomic mass is 9.96. The van der Waals surface area contributed by atoms with Crippen LogP contribution in [-0.2, 0) is 9.47 Å². The first-order valence-corrected chi connectivity index (χ1v) is 11.4. The third kappa shape index (κ3) is 4.17. The fraction of sp³-hybridized carbons (Fsp3) is 0.600. The van der Waals surface area contributed by atoms with Crippen LogP contribution < -0.4 is 10.6 Å². The van der Waals surface area contributed by atoms with Crippen molar-refractivity contribution in [2.75, 3.05) is 13.2 Å². The Balaban J connectivity index is 1.17. The summed E-state index contributed by atoms with van der Waals surface area (Å²) in [5.41, 5.74) is 0.993. The number of amides is 2. The van der Waals surface area contributed by atoms with Gasteiger partial charge in [-0.2, -0.15) is 0 Å². The maximum Gasteiger partial charge on any atom is 0.315 e. The number of hydrogen-bond acceptors (Lipinski definition) is 8. The molecule has 1 aromatic rings. The Hall–Kier alpha value is -2.17. The summed E-state index contributed by atoms with van der Waals surface area (Å²) in [6, 6.07) is 9.78. The predicted molar refractivity (Wildman–Crippen MR) is 113 cm³/mol. The van der Waals surface area contributed by atoms with E-state index in [1.54, 1.807) is 0 Å². The topological polar surface area (TPSA) is 99.9 Å². The highest BCUT2D eigenvalue weighted by atomic mass is 32.2. The normalized spacial score (nSPS) is 31.3. The molecule has 9 nitrogen and oxygen atoms in total. The molecule has 1 saturated carbocycles. The van der Waals surface area contributed by atoms with Gasteiger partial charge in [0.15, 0.2) is 0 Å². The Morgan fingerprint density at radius 1 is 1.03 bits per heavy atom. The van der Waals surface area contributed by atoms with Gasteiger partial charge in [-0.05, 0) is 23.3 Å². The Morgan fingerprint density at radius 2 is 1.83 bits per heavy atom. The third-order valence-corrected chi connectivity index (χ3v) is 7.05. The van der Waals surface area contributed by atoms with E-state index in [2.05, 4.69) is 26.2 Å². The van der Waals surface area contributed by atoms with Crippen LogP contribution in [0.15, 0.2) is 45.9 Å². The van der Waals surface area contributed by atoms with Gasteiger partial charge in [-0.15, -0.1) is 5.10 Å². The Labute approximate surface area is 179 Å². The maximum absolute atomic E-state index is 12.4. The number of hydrogen-bond donors (Lipinski definition) is 2. The molecular formula is C20H26N6O3S. The van der Waals surface area contributed by atoms with E-state index in [4.69, 9.17) is 9.47 Å². The van der Waals surface area contributed by atoms with Crippen LogP contribution in [-0.4, -0.2) is 59.0 Å². The van der Waals surface area contributed by atoms with Crippen LogP contribution in [0.2, 0.25) is 0 Å². The Kier molecular flexibility index (Phi) is 5.87. The van der Waals surface area contributed by atoms with Crippen LogP contribution in [0.4, 0.5) is 4.79 Å². The first-order chi connectivity index (χ1) is 14.8. The molecule has 0 bridgehead atoms. The average Bonchev–Trinajstić information content (AvgIpc) is 3.38. The van der Waals surface area contributed by atoms with Crippen molar-refractivity contribution in [1.29, 1.82) is 0 Å². The first-order valence-electron chi connectivity index (χ1n) is 10.6. The molecule has 160 valence electrons. The molecule has 30 heavy (non-hydrogen) atoms. The van der Waals surface area contributed by atoms with Gasteiger partial charge in [-0.25, -0.2) is 9.21 Å². The van der Waals surface area contributed by atoms with Gasteiger partial charge in [0.2, 0.25) is 0 Å². The molecule has 0 aromatic heterocycles. The molecule has 4 atom stereocenters. The molecule has 2 N–H and O–H groups in total. The highest BCUT2D eigenvalue weighted by Crippen LogP contribution is 2.35. The van der Waals surface area contributed by atoms with E-state index in [9.17, 15) is 4.79 Å². The van der Waals surface area contributed by atoms with Gasteiger partial charge in [-0.3, -0.25) is 0 Å². The summed E-state index contributed by atoms with van der Waals surface area (Å²) in [6.45, 7) is 0.894. The van der Waals surface area contributed by atoms with E-state index in [0.29, 0.717) is 13.2 Å².